The molecule has 0 aliphatic heterocycles. The van der Waals surface area contributed by atoms with Crippen molar-refractivity contribution in [3.63, 3.8) is 0 Å². The monoisotopic (exact) mass is 580 g/mol. The summed E-state index contributed by atoms with van der Waals surface area (Å²) in [5.74, 6) is -3.23. The molecule has 39 heavy (non-hydrogen) atoms. The number of hydrogen-bond donors (Lipinski definition) is 8. The molecule has 15 atom stereocenters. The Labute approximate surface area is 231 Å². The molecule has 0 heterocycles. The van der Waals surface area contributed by atoms with Crippen molar-refractivity contribution in [2.24, 2.45) is 46.3 Å². The van der Waals surface area contributed by atoms with Crippen LogP contribution in [0.5, 0.6) is 0 Å². The largest absolute Gasteiger partial charge is 0.397 e. The molecular formula is C27H48O11S. The standard InChI is InChI=1S/C27H48O11S/c1-13(12-28)6-5-7-14(2)17-20(31)21(32)23-26(17,4)11-9-16-25(3)10-8-15(29)19(30)18(25)22(38-39(35,36)37)24(33)27(16,23)34/h13-24,28-34H,5-12H2,1-4H3,(H,35,36,37)/t13-,14-,15+,16-,17+,18?,19?,20-,21-,22-,23-,24-,25-,26-,27+/m1/s1. The van der Waals surface area contributed by atoms with E-state index in [0.29, 0.717) is 12.8 Å². The Hall–Kier alpha value is -0.410. The molecule has 0 aromatic rings. The predicted octanol–water partition coefficient (Wildman–Crippen LogP) is 0.237. The Bertz CT molecular complexity index is 994. The molecule has 0 bridgehead atoms. The number of rotatable bonds is 8. The quantitative estimate of drug-likeness (QED) is 0.183. The predicted molar refractivity (Wildman–Crippen MR) is 139 cm³/mol. The fourth-order valence-corrected chi connectivity index (χ4v) is 10.3. The van der Waals surface area contributed by atoms with E-state index in [1.165, 1.54) is 0 Å². The van der Waals surface area contributed by atoms with Gasteiger partial charge in [0.05, 0.1) is 24.4 Å². The Morgan fingerprint density at radius 3 is 2.13 bits per heavy atom. The second kappa shape index (κ2) is 10.7. The van der Waals surface area contributed by atoms with Crippen molar-refractivity contribution >= 4 is 10.4 Å². The zero-order valence-electron chi connectivity index (χ0n) is 23.3. The van der Waals surface area contributed by atoms with Crippen LogP contribution in [0.2, 0.25) is 0 Å². The highest BCUT2D eigenvalue weighted by atomic mass is 32.3. The van der Waals surface area contributed by atoms with Gasteiger partial charge in [0, 0.05) is 18.4 Å². The average molecular weight is 581 g/mol. The number of hydrogen-bond acceptors (Lipinski definition) is 10. The molecule has 4 fully saturated rings. The van der Waals surface area contributed by atoms with Gasteiger partial charge in [-0.1, -0.05) is 40.5 Å². The molecule has 4 aliphatic carbocycles. The van der Waals surface area contributed by atoms with E-state index in [1.54, 1.807) is 6.92 Å². The summed E-state index contributed by atoms with van der Waals surface area (Å²) in [6.45, 7) is 7.69. The molecule has 12 heteroatoms. The molecule has 4 aliphatic rings. The zero-order chi connectivity index (χ0) is 29.3. The van der Waals surface area contributed by atoms with Crippen LogP contribution in [0.3, 0.4) is 0 Å². The molecule has 0 spiro atoms. The van der Waals surface area contributed by atoms with Crippen LogP contribution in [0.25, 0.3) is 0 Å². The molecule has 0 saturated heterocycles. The topological polar surface area (TPSA) is 205 Å². The second-order valence-corrected chi connectivity index (χ2v) is 14.8. The average Bonchev–Trinajstić information content (AvgIpc) is 3.04. The maximum atomic E-state index is 12.5. The first-order valence-corrected chi connectivity index (χ1v) is 15.7. The van der Waals surface area contributed by atoms with Gasteiger partial charge in [0.15, 0.2) is 0 Å². The summed E-state index contributed by atoms with van der Waals surface area (Å²) in [5.41, 5.74) is -3.96. The van der Waals surface area contributed by atoms with Crippen molar-refractivity contribution in [2.45, 2.75) is 115 Å². The Morgan fingerprint density at radius 2 is 1.54 bits per heavy atom. The second-order valence-electron chi connectivity index (χ2n) is 13.7. The van der Waals surface area contributed by atoms with Crippen molar-refractivity contribution in [3.8, 4) is 0 Å². The van der Waals surface area contributed by atoms with Gasteiger partial charge in [0.1, 0.15) is 17.8 Å². The van der Waals surface area contributed by atoms with Crippen LogP contribution in [0, 0.1) is 46.3 Å². The lowest BCUT2D eigenvalue weighted by atomic mass is 9.40. The van der Waals surface area contributed by atoms with Gasteiger partial charge in [-0.15, -0.1) is 0 Å². The van der Waals surface area contributed by atoms with E-state index < -0.39 is 87.1 Å². The Balaban J connectivity index is 1.75. The minimum Gasteiger partial charge on any atom is -0.396 e. The third-order valence-electron chi connectivity index (χ3n) is 11.5. The molecule has 0 aromatic carbocycles. The van der Waals surface area contributed by atoms with Gasteiger partial charge in [-0.3, -0.25) is 4.55 Å². The van der Waals surface area contributed by atoms with Gasteiger partial charge >= 0.3 is 10.4 Å². The molecule has 4 saturated carbocycles. The Kier molecular flexibility index (Phi) is 8.65. The van der Waals surface area contributed by atoms with E-state index in [4.69, 9.17) is 4.18 Å². The normalized spacial score (nSPS) is 51.5. The summed E-state index contributed by atoms with van der Waals surface area (Å²) in [6.07, 6.45) is -5.37. The minimum atomic E-state index is -5.14. The molecule has 0 amide bonds. The smallest absolute Gasteiger partial charge is 0.396 e. The number of fused-ring (bicyclic) bond motifs is 5. The summed E-state index contributed by atoms with van der Waals surface area (Å²) >= 11 is 0. The van der Waals surface area contributed by atoms with Gasteiger partial charge in [0.25, 0.3) is 0 Å². The van der Waals surface area contributed by atoms with Gasteiger partial charge in [-0.25, -0.2) is 4.18 Å². The lowest BCUT2D eigenvalue weighted by molar-refractivity contribution is -0.318. The first-order valence-electron chi connectivity index (χ1n) is 14.3. The van der Waals surface area contributed by atoms with Gasteiger partial charge in [0.2, 0.25) is 0 Å². The fourth-order valence-electron chi connectivity index (χ4n) is 9.83. The minimum absolute atomic E-state index is 0.0590. The summed E-state index contributed by atoms with van der Waals surface area (Å²) in [7, 11) is -5.14. The third kappa shape index (κ3) is 4.90. The van der Waals surface area contributed by atoms with E-state index in [-0.39, 0.29) is 31.3 Å². The number of aliphatic hydroxyl groups is 7. The van der Waals surface area contributed by atoms with E-state index in [2.05, 4.69) is 0 Å². The maximum Gasteiger partial charge on any atom is 0.397 e. The van der Waals surface area contributed by atoms with Gasteiger partial charge in [-0.2, -0.15) is 8.42 Å². The summed E-state index contributed by atoms with van der Waals surface area (Å²) in [5, 5.41) is 77.9. The van der Waals surface area contributed by atoms with Crippen molar-refractivity contribution in [3.05, 3.63) is 0 Å². The van der Waals surface area contributed by atoms with E-state index >= 15 is 0 Å². The number of aliphatic hydroxyl groups excluding tert-OH is 6. The van der Waals surface area contributed by atoms with Crippen LogP contribution in [0.15, 0.2) is 0 Å². The highest BCUT2D eigenvalue weighted by molar-refractivity contribution is 7.80. The summed E-state index contributed by atoms with van der Waals surface area (Å²) in [4.78, 5) is 0. The molecular weight excluding hydrogens is 532 g/mol. The Morgan fingerprint density at radius 1 is 0.923 bits per heavy atom. The molecule has 8 N–H and O–H groups in total. The third-order valence-corrected chi connectivity index (χ3v) is 12.0. The van der Waals surface area contributed by atoms with E-state index in [0.717, 1.165) is 19.3 Å². The molecule has 11 nitrogen and oxygen atoms in total. The molecule has 2 unspecified atom stereocenters. The fraction of sp³-hybridized carbons (Fsp3) is 1.00. The van der Waals surface area contributed by atoms with Crippen molar-refractivity contribution in [2.75, 3.05) is 6.61 Å². The lowest BCUT2D eigenvalue weighted by Crippen LogP contribution is -2.77. The molecule has 0 radical (unpaired) electrons. The van der Waals surface area contributed by atoms with Crippen LogP contribution in [0.1, 0.15) is 72.6 Å². The molecule has 228 valence electrons. The van der Waals surface area contributed by atoms with E-state index in [1.807, 2.05) is 20.8 Å². The highest BCUT2D eigenvalue weighted by Crippen LogP contribution is 2.70. The van der Waals surface area contributed by atoms with Crippen LogP contribution in [-0.2, 0) is 14.6 Å². The lowest BCUT2D eigenvalue weighted by Gasteiger charge is -2.68. The van der Waals surface area contributed by atoms with Crippen LogP contribution in [-0.4, -0.2) is 97.5 Å². The van der Waals surface area contributed by atoms with Gasteiger partial charge in [-0.05, 0) is 66.6 Å². The molecule has 0 aromatic heterocycles. The van der Waals surface area contributed by atoms with E-state index in [9.17, 15) is 48.7 Å². The van der Waals surface area contributed by atoms with Crippen molar-refractivity contribution in [1.82, 2.24) is 0 Å². The van der Waals surface area contributed by atoms with Crippen molar-refractivity contribution < 1.29 is 52.9 Å². The summed E-state index contributed by atoms with van der Waals surface area (Å²) in [6, 6.07) is 0. The molecule has 4 rings (SSSR count). The van der Waals surface area contributed by atoms with Gasteiger partial charge < -0.3 is 35.7 Å². The summed E-state index contributed by atoms with van der Waals surface area (Å²) < 4.78 is 38.3. The first kappa shape index (κ1) is 31.5. The maximum absolute atomic E-state index is 12.5. The SMILES string of the molecule is C[C@@H](CO)CCC[C@@H](C)[C@H]1[C@@H](O)[C@@H](O)[C@@H]2[C@]1(C)CC[C@H]1[C@@]2(O)[C@H](O)[C@H](OS(=O)(=O)O)C2C(O)[C@@H](O)CC[C@@]21C. The van der Waals surface area contributed by atoms with Crippen LogP contribution < -0.4 is 0 Å². The van der Waals surface area contributed by atoms with Crippen molar-refractivity contribution in [1.29, 1.82) is 0 Å². The van der Waals surface area contributed by atoms with Crippen LogP contribution >= 0.6 is 0 Å². The zero-order valence-corrected chi connectivity index (χ0v) is 24.1. The van der Waals surface area contributed by atoms with Crippen LogP contribution in [0.4, 0.5) is 0 Å². The highest BCUT2D eigenvalue weighted by Gasteiger charge is 2.77. The first-order chi connectivity index (χ1) is 17.9.